The number of carboxylic acids is 1. The number of aliphatic hydroxyl groups is 2. The van der Waals surface area contributed by atoms with E-state index in [2.05, 4.69) is 0 Å². The molecule has 1 aromatic carbocycles. The van der Waals surface area contributed by atoms with Gasteiger partial charge in [0.2, 0.25) is 0 Å². The molecule has 8 nitrogen and oxygen atoms in total. The fourth-order valence-corrected chi connectivity index (χ4v) is 3.91. The van der Waals surface area contributed by atoms with Gasteiger partial charge in [-0.1, -0.05) is 0 Å². The van der Waals surface area contributed by atoms with Crippen molar-refractivity contribution in [2.45, 2.75) is 64.3 Å². The quantitative estimate of drug-likeness (QED) is 0.265. The van der Waals surface area contributed by atoms with E-state index in [1.165, 1.54) is 12.1 Å². The predicted molar refractivity (Wildman–Crippen MR) is 118 cm³/mol. The summed E-state index contributed by atoms with van der Waals surface area (Å²) < 4.78 is 29.0. The molecular weight excluding hydrogens is 460 g/mol. The van der Waals surface area contributed by atoms with Crippen LogP contribution in [-0.4, -0.2) is 60.1 Å². The first-order valence-electron chi connectivity index (χ1n) is 10.5. The van der Waals surface area contributed by atoms with Crippen LogP contribution in [0.4, 0.5) is 4.39 Å². The Morgan fingerprint density at radius 1 is 1.24 bits per heavy atom. The Hall–Kier alpha value is -0.980. The maximum Gasteiger partial charge on any atom is 1.00 e. The average molecular weight is 492 g/mol. The molecule has 1 aromatic heterocycles. The van der Waals surface area contributed by atoms with Crippen molar-refractivity contribution in [1.82, 2.24) is 13.9 Å². The Kier molecular flexibility index (Phi) is 12.6. The average Bonchev–Trinajstić information content (AvgIpc) is 3.04. The summed E-state index contributed by atoms with van der Waals surface area (Å²) in [5, 5.41) is 30.8. The molecule has 33 heavy (non-hydrogen) atoms. The van der Waals surface area contributed by atoms with Crippen molar-refractivity contribution in [2.24, 2.45) is 0 Å². The van der Waals surface area contributed by atoms with Crippen molar-refractivity contribution >= 4 is 17.3 Å². The number of carbonyl (C=O) groups is 1. The third kappa shape index (κ3) is 8.95. The van der Waals surface area contributed by atoms with Crippen LogP contribution in [0.3, 0.4) is 0 Å². The molecule has 11 heteroatoms. The molecule has 0 radical (unpaired) electrons. The molecule has 3 atom stereocenters. The maximum atomic E-state index is 13.5. The van der Waals surface area contributed by atoms with Crippen molar-refractivity contribution in [3.63, 3.8) is 0 Å². The monoisotopic (exact) mass is 491 g/mol. The molecule has 0 aliphatic heterocycles. The van der Waals surface area contributed by atoms with Gasteiger partial charge in [-0.2, -0.15) is 0 Å². The summed E-state index contributed by atoms with van der Waals surface area (Å²) in [5.41, 5.74) is 2.19. The van der Waals surface area contributed by atoms with Crippen LogP contribution in [0.5, 0.6) is 0 Å². The van der Waals surface area contributed by atoms with E-state index >= 15 is 0 Å². The van der Waals surface area contributed by atoms with E-state index in [1.54, 1.807) is 29.7 Å². The molecule has 0 amide bonds. The van der Waals surface area contributed by atoms with E-state index in [-0.39, 0.29) is 54.3 Å². The SMILES string of the molecule is CC(C)n1c(CN(C)[S+](C)[O-])nc(-c2ccc(F)cc2)c1CC[C@@H](O)C[C@@H](O)CC(=O)[O-].[Na+]. The van der Waals surface area contributed by atoms with Gasteiger partial charge in [0.1, 0.15) is 24.4 Å². The van der Waals surface area contributed by atoms with Crippen LogP contribution in [0, 0.1) is 5.82 Å². The number of carbonyl (C=O) groups excluding carboxylic acids is 1. The normalized spacial score (nSPS) is 14.2. The zero-order valence-corrected chi connectivity index (χ0v) is 22.6. The molecule has 2 aromatic rings. The van der Waals surface area contributed by atoms with Crippen molar-refractivity contribution in [2.75, 3.05) is 13.3 Å². The number of aromatic nitrogens is 2. The van der Waals surface area contributed by atoms with Gasteiger partial charge in [0, 0.05) is 48.1 Å². The van der Waals surface area contributed by atoms with Gasteiger partial charge < -0.3 is 29.2 Å². The zero-order valence-electron chi connectivity index (χ0n) is 19.8. The third-order valence-electron chi connectivity index (χ3n) is 5.18. The van der Waals surface area contributed by atoms with Crippen LogP contribution in [-0.2, 0) is 29.1 Å². The first-order valence-corrected chi connectivity index (χ1v) is 12.0. The van der Waals surface area contributed by atoms with Crippen LogP contribution in [0.1, 0.15) is 50.7 Å². The number of hydrogen-bond acceptors (Lipinski definition) is 7. The van der Waals surface area contributed by atoms with Crippen LogP contribution < -0.4 is 34.7 Å². The standard InChI is InChI=1S/C22H32FN3O5S.Na/c1-14(2)26-19(10-9-17(27)11-18(28)12-21(29)30)22(15-5-7-16(23)8-6-15)24-20(26)13-25(3)32(4)31;/h5-8,14,17-18,27-28H,9-13H2,1-4H3,(H,29,30);/q;+1/p-1/t17-,18-,32?;/m1./s1. The van der Waals surface area contributed by atoms with Crippen LogP contribution in [0.2, 0.25) is 0 Å². The summed E-state index contributed by atoms with van der Waals surface area (Å²) in [5.74, 6) is -1.04. The molecular formula is C22H31FN3NaO5S. The fourth-order valence-electron chi connectivity index (χ4n) is 3.62. The fraction of sp³-hybridized carbons (Fsp3) is 0.545. The minimum absolute atomic E-state index is 0. The summed E-state index contributed by atoms with van der Waals surface area (Å²) in [7, 11) is 1.73. The van der Waals surface area contributed by atoms with E-state index in [1.807, 2.05) is 18.4 Å². The number of nitrogens with zero attached hydrogens (tertiary/aromatic N) is 3. The Morgan fingerprint density at radius 2 is 1.85 bits per heavy atom. The molecule has 0 aliphatic rings. The summed E-state index contributed by atoms with van der Waals surface area (Å²) in [6.07, 6.45) is -0.479. The number of aliphatic carboxylic acids is 1. The molecule has 1 heterocycles. The number of halogens is 1. The topological polar surface area (TPSA) is 125 Å². The number of imidazole rings is 1. The first-order chi connectivity index (χ1) is 15.0. The Balaban J connectivity index is 0.00000544. The van der Waals surface area contributed by atoms with Gasteiger partial charge >= 0.3 is 29.6 Å². The number of aliphatic hydroxyl groups excluding tert-OH is 2. The zero-order chi connectivity index (χ0) is 24.0. The van der Waals surface area contributed by atoms with Crippen molar-refractivity contribution in [3.05, 3.63) is 41.6 Å². The van der Waals surface area contributed by atoms with E-state index in [0.29, 0.717) is 30.0 Å². The molecule has 0 aliphatic carbocycles. The van der Waals surface area contributed by atoms with Crippen molar-refractivity contribution < 1.29 is 58.6 Å². The minimum atomic E-state index is -1.37. The van der Waals surface area contributed by atoms with Gasteiger partial charge in [-0.25, -0.2) is 9.37 Å². The molecule has 178 valence electrons. The van der Waals surface area contributed by atoms with E-state index in [0.717, 1.165) is 5.69 Å². The molecule has 0 fully saturated rings. The van der Waals surface area contributed by atoms with Crippen molar-refractivity contribution in [3.8, 4) is 11.3 Å². The molecule has 0 saturated carbocycles. The molecule has 0 bridgehead atoms. The summed E-state index contributed by atoms with van der Waals surface area (Å²) in [6.45, 7) is 4.32. The van der Waals surface area contributed by atoms with Gasteiger partial charge in [0.25, 0.3) is 0 Å². The molecule has 0 spiro atoms. The maximum absolute atomic E-state index is 13.5. The Labute approximate surface area is 219 Å². The van der Waals surface area contributed by atoms with E-state index in [9.17, 15) is 29.1 Å². The second-order valence-electron chi connectivity index (χ2n) is 8.16. The summed E-state index contributed by atoms with van der Waals surface area (Å²) in [4.78, 5) is 15.4. The second-order valence-corrected chi connectivity index (χ2v) is 9.63. The van der Waals surface area contributed by atoms with E-state index in [4.69, 9.17) is 4.98 Å². The summed E-state index contributed by atoms with van der Waals surface area (Å²) >= 11 is -1.19. The third-order valence-corrected chi connectivity index (χ3v) is 6.19. The molecule has 2 N–H and O–H groups in total. The summed E-state index contributed by atoms with van der Waals surface area (Å²) in [6, 6.07) is 5.99. The van der Waals surface area contributed by atoms with Crippen LogP contribution >= 0.6 is 0 Å². The van der Waals surface area contributed by atoms with Crippen LogP contribution in [0.15, 0.2) is 24.3 Å². The first kappa shape index (κ1) is 30.1. The smallest absolute Gasteiger partial charge is 0.598 e. The Bertz CT molecular complexity index is 895. The number of carboxylic acid groups (broad SMARTS) is 1. The number of hydrogen-bond donors (Lipinski definition) is 2. The second kappa shape index (κ2) is 13.8. The van der Waals surface area contributed by atoms with Crippen LogP contribution in [0.25, 0.3) is 11.3 Å². The van der Waals surface area contributed by atoms with Gasteiger partial charge in [-0.15, -0.1) is 4.31 Å². The minimum Gasteiger partial charge on any atom is -0.598 e. The van der Waals surface area contributed by atoms with Gasteiger partial charge in [-0.05, 0) is 57.4 Å². The van der Waals surface area contributed by atoms with E-state index < -0.39 is 36.0 Å². The number of rotatable bonds is 12. The predicted octanol–water partition coefficient (Wildman–Crippen LogP) is -1.82. The molecule has 0 saturated heterocycles. The van der Waals surface area contributed by atoms with Gasteiger partial charge in [-0.3, -0.25) is 0 Å². The Morgan fingerprint density at radius 3 is 2.36 bits per heavy atom. The molecule has 2 rings (SSSR count). The number of benzene rings is 1. The largest absolute Gasteiger partial charge is 1.00 e. The molecule has 1 unspecified atom stereocenters. The van der Waals surface area contributed by atoms with Gasteiger partial charge in [0.15, 0.2) is 0 Å². The van der Waals surface area contributed by atoms with Crippen molar-refractivity contribution in [1.29, 1.82) is 0 Å². The van der Waals surface area contributed by atoms with Gasteiger partial charge in [0.05, 0.1) is 17.9 Å².